The van der Waals surface area contributed by atoms with E-state index in [9.17, 15) is 12.8 Å². The van der Waals surface area contributed by atoms with Crippen LogP contribution in [0.4, 0.5) is 10.1 Å². The topological polar surface area (TPSA) is 84.0 Å². The molecule has 0 spiro atoms. The molecule has 0 fully saturated rings. The van der Waals surface area contributed by atoms with Gasteiger partial charge in [0.25, 0.3) is 0 Å². The summed E-state index contributed by atoms with van der Waals surface area (Å²) >= 11 is 5.96. The van der Waals surface area contributed by atoms with E-state index in [2.05, 4.69) is 0 Å². The summed E-state index contributed by atoms with van der Waals surface area (Å²) in [5.41, 5.74) is 6.08. The third-order valence-electron chi connectivity index (χ3n) is 2.83. The van der Waals surface area contributed by atoms with Crippen molar-refractivity contribution in [2.75, 3.05) is 5.73 Å². The maximum atomic E-state index is 13.0. The fraction of sp³-hybridized carbons (Fsp3) is 0.0714. The minimum absolute atomic E-state index is 0.149. The summed E-state index contributed by atoms with van der Waals surface area (Å²) in [5, 5.41) is 8.93. The number of nitrogens with two attached hydrogens (primary N) is 1. The van der Waals surface area contributed by atoms with Gasteiger partial charge in [-0.1, -0.05) is 17.7 Å². The summed E-state index contributed by atoms with van der Waals surface area (Å²) in [6.07, 6.45) is 0. The number of benzene rings is 2. The molecule has 108 valence electrons. The van der Waals surface area contributed by atoms with Crippen molar-refractivity contribution >= 4 is 27.1 Å². The molecule has 7 heteroatoms. The highest BCUT2D eigenvalue weighted by atomic mass is 35.5. The van der Waals surface area contributed by atoms with Gasteiger partial charge in [0.05, 0.1) is 28.0 Å². The molecule has 0 aliphatic rings. The van der Waals surface area contributed by atoms with Gasteiger partial charge in [0.15, 0.2) is 9.84 Å². The van der Waals surface area contributed by atoms with E-state index in [1.54, 1.807) is 0 Å². The standard InChI is InChI=1S/C14H10ClFN2O2S/c15-12-5-9(7-17)1-2-10(12)8-21(19,20)14-4-3-11(16)6-13(14)18/h1-6H,8,18H2. The highest BCUT2D eigenvalue weighted by Gasteiger charge is 2.20. The van der Waals surface area contributed by atoms with E-state index < -0.39 is 15.7 Å². The van der Waals surface area contributed by atoms with Crippen LogP contribution >= 0.6 is 11.6 Å². The molecule has 0 aliphatic heterocycles. The number of nitrogens with zero attached hydrogens (tertiary/aromatic N) is 1. The van der Waals surface area contributed by atoms with Gasteiger partial charge in [-0.25, -0.2) is 12.8 Å². The lowest BCUT2D eigenvalue weighted by Gasteiger charge is -2.09. The van der Waals surface area contributed by atoms with Crippen LogP contribution in [0.1, 0.15) is 11.1 Å². The monoisotopic (exact) mass is 324 g/mol. The molecule has 21 heavy (non-hydrogen) atoms. The van der Waals surface area contributed by atoms with Crippen molar-refractivity contribution in [2.24, 2.45) is 0 Å². The Morgan fingerprint density at radius 2 is 1.95 bits per heavy atom. The SMILES string of the molecule is N#Cc1ccc(CS(=O)(=O)c2ccc(F)cc2N)c(Cl)c1. The fourth-order valence-electron chi connectivity index (χ4n) is 1.82. The van der Waals surface area contributed by atoms with Gasteiger partial charge in [0.1, 0.15) is 5.82 Å². The molecule has 0 saturated heterocycles. The Morgan fingerprint density at radius 1 is 1.24 bits per heavy atom. The first-order valence-electron chi connectivity index (χ1n) is 5.80. The van der Waals surface area contributed by atoms with Crippen molar-refractivity contribution < 1.29 is 12.8 Å². The number of hydrogen-bond donors (Lipinski definition) is 1. The first-order valence-corrected chi connectivity index (χ1v) is 7.83. The van der Waals surface area contributed by atoms with Gasteiger partial charge in [-0.15, -0.1) is 0 Å². The van der Waals surface area contributed by atoms with Crippen LogP contribution in [0.15, 0.2) is 41.3 Å². The average molecular weight is 325 g/mol. The van der Waals surface area contributed by atoms with Gasteiger partial charge in [0, 0.05) is 5.02 Å². The summed E-state index contributed by atoms with van der Waals surface area (Å²) in [5.74, 6) is -0.990. The third kappa shape index (κ3) is 3.32. The summed E-state index contributed by atoms with van der Waals surface area (Å²) in [6, 6.07) is 9.35. The average Bonchev–Trinajstić information content (AvgIpc) is 2.40. The quantitative estimate of drug-likeness (QED) is 0.695. The van der Waals surface area contributed by atoms with Gasteiger partial charge >= 0.3 is 0 Å². The van der Waals surface area contributed by atoms with E-state index in [1.807, 2.05) is 6.07 Å². The number of rotatable bonds is 3. The van der Waals surface area contributed by atoms with Crippen molar-refractivity contribution in [1.82, 2.24) is 0 Å². The van der Waals surface area contributed by atoms with E-state index in [0.29, 0.717) is 11.1 Å². The zero-order valence-corrected chi connectivity index (χ0v) is 12.2. The maximum absolute atomic E-state index is 13.0. The second-order valence-corrected chi connectivity index (χ2v) is 6.72. The predicted octanol–water partition coefficient (Wildman–Crippen LogP) is 2.91. The lowest BCUT2D eigenvalue weighted by molar-refractivity contribution is 0.594. The summed E-state index contributed by atoms with van der Waals surface area (Å²) in [4.78, 5) is -0.149. The number of nitrogen functional groups attached to an aromatic ring is 1. The number of nitriles is 1. The summed E-state index contributed by atoms with van der Waals surface area (Å²) < 4.78 is 37.6. The Labute approximate surface area is 126 Å². The van der Waals surface area contributed by atoms with Gasteiger partial charge in [-0.2, -0.15) is 5.26 Å². The molecule has 2 aromatic carbocycles. The van der Waals surface area contributed by atoms with Gasteiger partial charge in [-0.3, -0.25) is 0 Å². The van der Waals surface area contributed by atoms with E-state index in [0.717, 1.165) is 18.2 Å². The minimum Gasteiger partial charge on any atom is -0.398 e. The van der Waals surface area contributed by atoms with E-state index in [-0.39, 0.29) is 21.4 Å². The molecule has 4 nitrogen and oxygen atoms in total. The third-order valence-corrected chi connectivity index (χ3v) is 4.92. The number of hydrogen-bond acceptors (Lipinski definition) is 4. The predicted molar refractivity (Wildman–Crippen MR) is 77.9 cm³/mol. The van der Waals surface area contributed by atoms with Gasteiger partial charge in [0.2, 0.25) is 0 Å². The maximum Gasteiger partial charge on any atom is 0.184 e. The zero-order chi connectivity index (χ0) is 15.6. The van der Waals surface area contributed by atoms with E-state index in [1.165, 1.54) is 18.2 Å². The van der Waals surface area contributed by atoms with Crippen molar-refractivity contribution in [1.29, 1.82) is 5.26 Å². The van der Waals surface area contributed by atoms with Crippen LogP contribution in [-0.4, -0.2) is 8.42 Å². The van der Waals surface area contributed by atoms with Crippen LogP contribution < -0.4 is 5.73 Å². The molecule has 2 aromatic rings. The van der Waals surface area contributed by atoms with Crippen LogP contribution in [0, 0.1) is 17.1 Å². The van der Waals surface area contributed by atoms with E-state index in [4.69, 9.17) is 22.6 Å². The fourth-order valence-corrected chi connectivity index (χ4v) is 3.66. The first kappa shape index (κ1) is 15.3. The van der Waals surface area contributed by atoms with Crippen molar-refractivity contribution in [3.8, 4) is 6.07 Å². The van der Waals surface area contributed by atoms with Crippen molar-refractivity contribution in [2.45, 2.75) is 10.6 Å². The normalized spacial score (nSPS) is 11.1. The Hall–Kier alpha value is -2.10. The molecular formula is C14H10ClFN2O2S. The van der Waals surface area contributed by atoms with E-state index >= 15 is 0 Å². The molecule has 0 aromatic heterocycles. The molecule has 0 bridgehead atoms. The Kier molecular flexibility index (Phi) is 4.16. The summed E-state index contributed by atoms with van der Waals surface area (Å²) in [7, 11) is -3.76. The molecule has 0 atom stereocenters. The highest BCUT2D eigenvalue weighted by Crippen LogP contribution is 2.26. The van der Waals surface area contributed by atoms with Crippen LogP contribution in [0.25, 0.3) is 0 Å². The van der Waals surface area contributed by atoms with Crippen LogP contribution in [-0.2, 0) is 15.6 Å². The molecule has 0 unspecified atom stereocenters. The molecule has 0 saturated carbocycles. The Balaban J connectivity index is 2.40. The largest absolute Gasteiger partial charge is 0.398 e. The Morgan fingerprint density at radius 3 is 2.52 bits per heavy atom. The molecular weight excluding hydrogens is 315 g/mol. The molecule has 2 rings (SSSR count). The van der Waals surface area contributed by atoms with Crippen LogP contribution in [0.2, 0.25) is 5.02 Å². The molecule has 0 aliphatic carbocycles. The van der Waals surface area contributed by atoms with Crippen LogP contribution in [0.5, 0.6) is 0 Å². The second kappa shape index (κ2) is 5.72. The van der Waals surface area contributed by atoms with Gasteiger partial charge in [-0.05, 0) is 35.9 Å². The molecule has 0 radical (unpaired) electrons. The summed E-state index contributed by atoms with van der Waals surface area (Å²) in [6.45, 7) is 0. The van der Waals surface area contributed by atoms with Crippen molar-refractivity contribution in [3.05, 3.63) is 58.4 Å². The number of halogens is 2. The molecule has 0 heterocycles. The lowest BCUT2D eigenvalue weighted by atomic mass is 10.2. The van der Waals surface area contributed by atoms with Crippen LogP contribution in [0.3, 0.4) is 0 Å². The highest BCUT2D eigenvalue weighted by molar-refractivity contribution is 7.90. The minimum atomic E-state index is -3.76. The molecule has 0 amide bonds. The molecule has 2 N–H and O–H groups in total. The van der Waals surface area contributed by atoms with Gasteiger partial charge < -0.3 is 5.73 Å². The first-order chi connectivity index (χ1) is 9.83. The zero-order valence-electron chi connectivity index (χ0n) is 10.7. The smallest absolute Gasteiger partial charge is 0.184 e. The lowest BCUT2D eigenvalue weighted by Crippen LogP contribution is -2.08. The van der Waals surface area contributed by atoms with Crippen molar-refractivity contribution in [3.63, 3.8) is 0 Å². The number of anilines is 1. The second-order valence-electron chi connectivity index (χ2n) is 4.36. The Bertz CT molecular complexity index is 845. The number of sulfone groups is 1.